The van der Waals surface area contributed by atoms with Crippen LogP contribution in [0, 0.1) is 18.8 Å². The Hall–Kier alpha value is -2.80. The minimum Gasteiger partial charge on any atom is -0.390 e. The molecule has 1 saturated heterocycles. The van der Waals surface area contributed by atoms with Gasteiger partial charge in [0.1, 0.15) is 6.04 Å². The van der Waals surface area contributed by atoms with Crippen LogP contribution in [0.25, 0.3) is 0 Å². The first-order chi connectivity index (χ1) is 22.4. The molecule has 0 spiro atoms. The third-order valence-corrected chi connectivity index (χ3v) is 13.1. The molecule has 12 heteroatoms. The van der Waals surface area contributed by atoms with Gasteiger partial charge in [-0.3, -0.25) is 19.3 Å². The molecule has 0 bridgehead atoms. The first-order valence-corrected chi connectivity index (χ1v) is 19.7. The van der Waals surface area contributed by atoms with E-state index in [1.54, 1.807) is 12.1 Å². The third kappa shape index (κ3) is 9.67. The number of sulfone groups is 1. The highest BCUT2D eigenvalue weighted by molar-refractivity contribution is 7.92. The monoisotopic (exact) mass is 702 g/mol. The Kier molecular flexibility index (Phi) is 12.2. The van der Waals surface area contributed by atoms with E-state index in [-0.39, 0.29) is 18.9 Å². The second-order valence-electron chi connectivity index (χ2n) is 15.3. The van der Waals surface area contributed by atoms with Crippen molar-refractivity contribution < 1.29 is 27.9 Å². The van der Waals surface area contributed by atoms with Crippen molar-refractivity contribution in [3.63, 3.8) is 0 Å². The van der Waals surface area contributed by atoms with Gasteiger partial charge in [-0.05, 0) is 90.3 Å². The molecule has 6 unspecified atom stereocenters. The molecule has 1 aliphatic heterocycles. The Bertz CT molecular complexity index is 1530. The summed E-state index contributed by atoms with van der Waals surface area (Å²) in [6, 6.07) is 10.2. The van der Waals surface area contributed by atoms with Crippen molar-refractivity contribution in [1.82, 2.24) is 20.9 Å². The summed E-state index contributed by atoms with van der Waals surface area (Å²) >= 11 is 1.25. The smallest absolute Gasteiger partial charge is 0.262 e. The van der Waals surface area contributed by atoms with Gasteiger partial charge in [0.2, 0.25) is 11.8 Å². The Balaban J connectivity index is 1.62. The SMILES string of the molecule is Cc1ccc(C(=O)NC(C(=O)NC(Cc2ccccc2)C(O)CN2CC3CCCCC3CC2C(=O)NC(C)(C)C)C(C)(C)S(C)(=O)=O)s1. The molecule has 0 radical (unpaired) electrons. The van der Waals surface area contributed by atoms with E-state index in [1.165, 1.54) is 25.2 Å². The molecule has 6 atom stereocenters. The van der Waals surface area contributed by atoms with Gasteiger partial charge in [0.25, 0.3) is 5.91 Å². The maximum atomic E-state index is 14.1. The number of likely N-dealkylation sites (tertiary alicyclic amines) is 1. The Morgan fingerprint density at radius 3 is 2.21 bits per heavy atom. The average molecular weight is 703 g/mol. The zero-order chi connectivity index (χ0) is 35.4. The number of nitrogens with one attached hydrogen (secondary N) is 3. The maximum absolute atomic E-state index is 14.1. The van der Waals surface area contributed by atoms with Crippen LogP contribution in [0.15, 0.2) is 42.5 Å². The number of hydrogen-bond acceptors (Lipinski definition) is 8. The van der Waals surface area contributed by atoms with Gasteiger partial charge in [-0.25, -0.2) is 8.42 Å². The van der Waals surface area contributed by atoms with E-state index < -0.39 is 56.2 Å². The molecule has 1 aromatic heterocycles. The van der Waals surface area contributed by atoms with E-state index in [4.69, 9.17) is 0 Å². The summed E-state index contributed by atoms with van der Waals surface area (Å²) < 4.78 is 24.3. The first-order valence-electron chi connectivity index (χ1n) is 17.0. The summed E-state index contributed by atoms with van der Waals surface area (Å²) in [4.78, 5) is 44.4. The fraction of sp³-hybridized carbons (Fsp3) is 0.639. The first kappa shape index (κ1) is 38.0. The molecule has 10 nitrogen and oxygen atoms in total. The minimum absolute atomic E-state index is 0.0659. The lowest BCUT2D eigenvalue weighted by Gasteiger charge is -2.47. The molecule has 4 rings (SSSR count). The average Bonchev–Trinajstić information content (AvgIpc) is 3.44. The number of hydrogen-bond donors (Lipinski definition) is 4. The number of aryl methyl sites for hydroxylation is 1. The van der Waals surface area contributed by atoms with Crippen LogP contribution in [0.3, 0.4) is 0 Å². The highest BCUT2D eigenvalue weighted by Gasteiger charge is 2.46. The topological polar surface area (TPSA) is 145 Å². The summed E-state index contributed by atoms with van der Waals surface area (Å²) in [7, 11) is -3.84. The van der Waals surface area contributed by atoms with Crippen molar-refractivity contribution in [2.45, 2.75) is 115 Å². The quantitative estimate of drug-likeness (QED) is 0.263. The number of β-amino-alcohol motifs (C(OH)–C–C–N with tert-alkyl or cyclic N) is 1. The van der Waals surface area contributed by atoms with Crippen LogP contribution in [-0.2, 0) is 25.8 Å². The van der Waals surface area contributed by atoms with Crippen LogP contribution >= 0.6 is 11.3 Å². The van der Waals surface area contributed by atoms with Crippen molar-refractivity contribution in [1.29, 1.82) is 0 Å². The summed E-state index contributed by atoms with van der Waals surface area (Å²) in [6.07, 6.45) is 5.42. The molecule has 1 saturated carbocycles. The van der Waals surface area contributed by atoms with Gasteiger partial charge in [-0.2, -0.15) is 0 Å². The van der Waals surface area contributed by atoms with E-state index in [2.05, 4.69) is 20.9 Å². The van der Waals surface area contributed by atoms with Crippen molar-refractivity contribution >= 4 is 38.9 Å². The zero-order valence-electron chi connectivity index (χ0n) is 29.4. The van der Waals surface area contributed by atoms with Gasteiger partial charge >= 0.3 is 0 Å². The number of thiophene rings is 1. The second-order valence-corrected chi connectivity index (χ2v) is 19.2. The third-order valence-electron chi connectivity index (χ3n) is 9.97. The van der Waals surface area contributed by atoms with Gasteiger partial charge < -0.3 is 21.1 Å². The van der Waals surface area contributed by atoms with Crippen LogP contribution in [0.2, 0.25) is 0 Å². The molecule has 3 amide bonds. The van der Waals surface area contributed by atoms with Crippen LogP contribution in [0.5, 0.6) is 0 Å². The van der Waals surface area contributed by atoms with Crippen LogP contribution < -0.4 is 16.0 Å². The summed E-state index contributed by atoms with van der Waals surface area (Å²) in [6.45, 7) is 11.4. The molecule has 2 heterocycles. The number of nitrogens with zero attached hydrogens (tertiary/aromatic N) is 1. The number of benzene rings is 1. The molecule has 1 aromatic carbocycles. The van der Waals surface area contributed by atoms with Gasteiger partial charge in [-0.1, -0.05) is 49.6 Å². The van der Waals surface area contributed by atoms with Gasteiger partial charge in [0, 0.05) is 29.8 Å². The number of carbonyl (C=O) groups excluding carboxylic acids is 3. The van der Waals surface area contributed by atoms with E-state index in [0.717, 1.165) is 42.4 Å². The van der Waals surface area contributed by atoms with Crippen molar-refractivity contribution in [2.75, 3.05) is 19.3 Å². The lowest BCUT2D eigenvalue weighted by Crippen LogP contribution is -2.64. The van der Waals surface area contributed by atoms with Gasteiger partial charge in [0.15, 0.2) is 9.84 Å². The van der Waals surface area contributed by atoms with Crippen LogP contribution in [0.1, 0.15) is 86.8 Å². The van der Waals surface area contributed by atoms with E-state index in [1.807, 2.05) is 58.0 Å². The lowest BCUT2D eigenvalue weighted by molar-refractivity contribution is -0.133. The maximum Gasteiger partial charge on any atom is 0.262 e. The van der Waals surface area contributed by atoms with E-state index in [9.17, 15) is 27.9 Å². The zero-order valence-corrected chi connectivity index (χ0v) is 31.0. The fourth-order valence-electron chi connectivity index (χ4n) is 6.94. The summed E-state index contributed by atoms with van der Waals surface area (Å²) in [5.41, 5.74) is 0.453. The molecule has 4 N–H and O–H groups in total. The second kappa shape index (κ2) is 15.4. The van der Waals surface area contributed by atoms with Crippen molar-refractivity contribution in [3.05, 3.63) is 57.8 Å². The Morgan fingerprint density at radius 2 is 1.62 bits per heavy atom. The number of aliphatic hydroxyl groups is 1. The highest BCUT2D eigenvalue weighted by Crippen LogP contribution is 2.39. The summed E-state index contributed by atoms with van der Waals surface area (Å²) in [5, 5.41) is 20.7. The highest BCUT2D eigenvalue weighted by atomic mass is 32.2. The van der Waals surface area contributed by atoms with E-state index >= 15 is 0 Å². The van der Waals surface area contributed by atoms with Gasteiger partial charge in [0.05, 0.1) is 27.8 Å². The molecule has 2 fully saturated rings. The molecule has 1 aliphatic carbocycles. The number of carbonyl (C=O) groups is 3. The number of fused-ring (bicyclic) bond motifs is 1. The number of aliphatic hydroxyl groups excluding tert-OH is 1. The number of piperidine rings is 1. The van der Waals surface area contributed by atoms with Gasteiger partial charge in [-0.15, -0.1) is 11.3 Å². The standard InChI is InChI=1S/C36H54N4O6S2/c1-23-17-18-30(47-23)33(43)38-31(36(5,6)48(7,45)46)34(44)37-27(19-24-13-9-8-10-14-24)29(41)22-40-21-26-16-12-11-15-25(26)20-28(40)32(42)39-35(2,3)4/h8-10,13-14,17-18,25-29,31,41H,11-12,15-16,19-22H2,1-7H3,(H,37,44)(H,38,43)(H,39,42). The largest absolute Gasteiger partial charge is 0.390 e. The van der Waals surface area contributed by atoms with Crippen LogP contribution in [0.4, 0.5) is 0 Å². The Labute approximate surface area is 290 Å². The number of amides is 3. The normalized spacial score (nSPS) is 22.5. The van der Waals surface area contributed by atoms with Crippen LogP contribution in [-0.4, -0.2) is 90.0 Å². The molecular formula is C36H54N4O6S2. The fourth-order valence-corrected chi connectivity index (χ4v) is 8.30. The molecule has 2 aliphatic rings. The predicted molar refractivity (Wildman–Crippen MR) is 191 cm³/mol. The molecule has 48 heavy (non-hydrogen) atoms. The molecule has 266 valence electrons. The van der Waals surface area contributed by atoms with E-state index in [0.29, 0.717) is 29.7 Å². The number of rotatable bonds is 12. The molecular weight excluding hydrogens is 649 g/mol. The summed E-state index contributed by atoms with van der Waals surface area (Å²) in [5.74, 6) is -0.433. The van der Waals surface area contributed by atoms with Crippen molar-refractivity contribution in [2.24, 2.45) is 11.8 Å². The predicted octanol–water partition coefficient (Wildman–Crippen LogP) is 3.86. The lowest BCUT2D eigenvalue weighted by atomic mass is 9.72. The van der Waals surface area contributed by atoms with Crippen molar-refractivity contribution in [3.8, 4) is 0 Å². The Morgan fingerprint density at radius 1 is 0.979 bits per heavy atom. The molecule has 2 aromatic rings. The minimum atomic E-state index is -3.84.